The van der Waals surface area contributed by atoms with Gasteiger partial charge in [-0.25, -0.2) is 14.8 Å². The third kappa shape index (κ3) is 4.72. The number of alkyl halides is 3. The van der Waals surface area contributed by atoms with Crippen molar-refractivity contribution < 1.29 is 23.1 Å². The van der Waals surface area contributed by atoms with Crippen LogP contribution < -0.4 is 5.32 Å². The fourth-order valence-electron chi connectivity index (χ4n) is 2.37. The van der Waals surface area contributed by atoms with Crippen LogP contribution in [0.4, 0.5) is 24.5 Å². The number of halogens is 6. The van der Waals surface area contributed by atoms with E-state index in [1.807, 2.05) is 0 Å². The predicted octanol–water partition coefficient (Wildman–Crippen LogP) is 6.56. The van der Waals surface area contributed by atoms with Crippen molar-refractivity contribution in [1.29, 1.82) is 0 Å². The lowest BCUT2D eigenvalue weighted by atomic mass is 10.1. The van der Waals surface area contributed by atoms with E-state index in [1.54, 1.807) is 0 Å². The van der Waals surface area contributed by atoms with Crippen LogP contribution in [0.5, 0.6) is 0 Å². The van der Waals surface area contributed by atoms with Gasteiger partial charge >= 0.3 is 12.1 Å². The molecule has 3 rings (SSSR count). The summed E-state index contributed by atoms with van der Waals surface area (Å²) in [6, 6.07) is 7.49. The first kappa shape index (κ1) is 21.2. The molecule has 0 bridgehead atoms. The van der Waals surface area contributed by atoms with Crippen LogP contribution in [-0.2, 0) is 6.18 Å². The van der Waals surface area contributed by atoms with Crippen molar-refractivity contribution in [3.63, 3.8) is 0 Å². The minimum Gasteiger partial charge on any atom is -0.478 e. The molecule has 0 aliphatic rings. The van der Waals surface area contributed by atoms with Crippen LogP contribution in [0, 0.1) is 0 Å². The van der Waals surface area contributed by atoms with Crippen molar-refractivity contribution in [2.75, 3.05) is 5.32 Å². The van der Waals surface area contributed by atoms with E-state index in [9.17, 15) is 18.0 Å². The lowest BCUT2D eigenvalue weighted by Crippen LogP contribution is -2.09. The lowest BCUT2D eigenvalue weighted by Gasteiger charge is -2.14. The molecule has 11 heteroatoms. The number of carboxylic acid groups (broad SMARTS) is 1. The van der Waals surface area contributed by atoms with Crippen LogP contribution in [-0.4, -0.2) is 21.0 Å². The standard InChI is InChI=1S/C18H9Cl3F3N3O2/c19-10-2-1-8(16-25-4-3-14(27-16)18(22,23)24)7-13(10)26-15-11(20)5-9(17(28)29)6-12(15)21/h1-7,26H,(H,28,29). The van der Waals surface area contributed by atoms with Crippen molar-refractivity contribution in [3.8, 4) is 11.4 Å². The zero-order chi connectivity index (χ0) is 21.3. The summed E-state index contributed by atoms with van der Waals surface area (Å²) in [6.07, 6.45) is -3.61. The fourth-order valence-corrected chi connectivity index (χ4v) is 3.11. The number of nitrogens with one attached hydrogen (secondary N) is 1. The Labute approximate surface area is 177 Å². The lowest BCUT2D eigenvalue weighted by molar-refractivity contribution is -0.141. The first-order chi connectivity index (χ1) is 13.6. The van der Waals surface area contributed by atoms with Crippen LogP contribution >= 0.6 is 34.8 Å². The normalized spacial score (nSPS) is 11.4. The van der Waals surface area contributed by atoms with Crippen molar-refractivity contribution in [1.82, 2.24) is 9.97 Å². The number of anilines is 2. The quantitative estimate of drug-likeness (QED) is 0.459. The number of carbonyl (C=O) groups is 1. The molecule has 29 heavy (non-hydrogen) atoms. The van der Waals surface area contributed by atoms with Crippen molar-refractivity contribution in [2.24, 2.45) is 0 Å². The zero-order valence-electron chi connectivity index (χ0n) is 14.1. The summed E-state index contributed by atoms with van der Waals surface area (Å²) >= 11 is 18.4. The molecule has 3 aromatic rings. The van der Waals surface area contributed by atoms with Gasteiger partial charge in [-0.3, -0.25) is 0 Å². The summed E-state index contributed by atoms with van der Waals surface area (Å²) in [5.41, 5.74) is -0.484. The maximum absolute atomic E-state index is 12.9. The second kappa shape index (κ2) is 8.06. The second-order valence-electron chi connectivity index (χ2n) is 5.70. The molecule has 0 aliphatic heterocycles. The van der Waals surface area contributed by atoms with Gasteiger partial charge < -0.3 is 10.4 Å². The van der Waals surface area contributed by atoms with Crippen molar-refractivity contribution in [3.05, 3.63) is 68.9 Å². The highest BCUT2D eigenvalue weighted by Gasteiger charge is 2.32. The highest BCUT2D eigenvalue weighted by Crippen LogP contribution is 2.37. The maximum atomic E-state index is 12.9. The number of nitrogens with zero attached hydrogens (tertiary/aromatic N) is 2. The Morgan fingerprint density at radius 2 is 1.66 bits per heavy atom. The zero-order valence-corrected chi connectivity index (χ0v) is 16.3. The van der Waals surface area contributed by atoms with E-state index >= 15 is 0 Å². The smallest absolute Gasteiger partial charge is 0.433 e. The van der Waals surface area contributed by atoms with Gasteiger partial charge in [0.15, 0.2) is 5.82 Å². The van der Waals surface area contributed by atoms with Crippen LogP contribution in [0.25, 0.3) is 11.4 Å². The highest BCUT2D eigenvalue weighted by atomic mass is 35.5. The van der Waals surface area contributed by atoms with E-state index in [1.165, 1.54) is 30.3 Å². The molecule has 2 aromatic carbocycles. The van der Waals surface area contributed by atoms with Crippen LogP contribution in [0.1, 0.15) is 16.1 Å². The van der Waals surface area contributed by atoms with Gasteiger partial charge in [-0.1, -0.05) is 34.8 Å². The average Bonchev–Trinajstić information content (AvgIpc) is 2.65. The fraction of sp³-hybridized carbons (Fsp3) is 0.0556. The van der Waals surface area contributed by atoms with Gasteiger partial charge in [-0.05, 0) is 36.4 Å². The number of aromatic carboxylic acids is 1. The number of benzene rings is 2. The van der Waals surface area contributed by atoms with Gasteiger partial charge in [-0.2, -0.15) is 13.2 Å². The molecule has 1 aromatic heterocycles. The van der Waals surface area contributed by atoms with E-state index in [0.717, 1.165) is 12.3 Å². The molecule has 5 nitrogen and oxygen atoms in total. The molecular weight excluding hydrogens is 454 g/mol. The molecular formula is C18H9Cl3F3N3O2. The largest absolute Gasteiger partial charge is 0.478 e. The number of aromatic nitrogens is 2. The molecule has 0 atom stereocenters. The third-order valence-electron chi connectivity index (χ3n) is 3.72. The van der Waals surface area contributed by atoms with Gasteiger partial charge in [0.2, 0.25) is 0 Å². The summed E-state index contributed by atoms with van der Waals surface area (Å²) in [4.78, 5) is 18.5. The Kier molecular flexibility index (Phi) is 5.88. The van der Waals surface area contributed by atoms with E-state index < -0.39 is 17.8 Å². The molecule has 0 fully saturated rings. The highest BCUT2D eigenvalue weighted by molar-refractivity contribution is 6.40. The molecule has 0 saturated heterocycles. The molecule has 150 valence electrons. The molecule has 0 spiro atoms. The Morgan fingerprint density at radius 1 is 1.00 bits per heavy atom. The summed E-state index contributed by atoms with van der Waals surface area (Å²) in [5, 5.41) is 12.2. The summed E-state index contributed by atoms with van der Waals surface area (Å²) in [7, 11) is 0. The third-order valence-corrected chi connectivity index (χ3v) is 4.65. The predicted molar refractivity (Wildman–Crippen MR) is 104 cm³/mol. The van der Waals surface area contributed by atoms with Crippen LogP contribution in [0.2, 0.25) is 15.1 Å². The molecule has 0 radical (unpaired) electrons. The number of hydrogen-bond acceptors (Lipinski definition) is 4. The monoisotopic (exact) mass is 461 g/mol. The van der Waals surface area contributed by atoms with Crippen molar-refractivity contribution in [2.45, 2.75) is 6.18 Å². The molecule has 1 heterocycles. The molecule has 0 amide bonds. The average molecular weight is 463 g/mol. The van der Waals surface area contributed by atoms with Gasteiger partial charge in [0, 0.05) is 11.8 Å². The molecule has 2 N–H and O–H groups in total. The van der Waals surface area contributed by atoms with Crippen LogP contribution in [0.15, 0.2) is 42.6 Å². The van der Waals surface area contributed by atoms with E-state index in [4.69, 9.17) is 39.9 Å². The first-order valence-electron chi connectivity index (χ1n) is 7.76. The van der Waals surface area contributed by atoms with Gasteiger partial charge in [0.05, 0.1) is 32.0 Å². The van der Waals surface area contributed by atoms with E-state index in [-0.39, 0.29) is 43.4 Å². The number of rotatable bonds is 4. The van der Waals surface area contributed by atoms with E-state index in [0.29, 0.717) is 0 Å². The molecule has 0 unspecified atom stereocenters. The summed E-state index contributed by atoms with van der Waals surface area (Å²) in [6.45, 7) is 0. The SMILES string of the molecule is O=C(O)c1cc(Cl)c(Nc2cc(-c3nccc(C(F)(F)F)n3)ccc2Cl)c(Cl)c1. The topological polar surface area (TPSA) is 75.1 Å². The minimum atomic E-state index is -4.61. The maximum Gasteiger partial charge on any atom is 0.433 e. The Morgan fingerprint density at radius 3 is 2.24 bits per heavy atom. The van der Waals surface area contributed by atoms with Crippen LogP contribution in [0.3, 0.4) is 0 Å². The summed E-state index contributed by atoms with van der Waals surface area (Å²) in [5.74, 6) is -1.36. The van der Waals surface area contributed by atoms with Crippen molar-refractivity contribution >= 4 is 52.1 Å². The molecule has 0 saturated carbocycles. The second-order valence-corrected chi connectivity index (χ2v) is 6.92. The number of hydrogen-bond donors (Lipinski definition) is 2. The first-order valence-corrected chi connectivity index (χ1v) is 8.89. The Balaban J connectivity index is 2.01. The van der Waals surface area contributed by atoms with Gasteiger partial charge in [0.25, 0.3) is 0 Å². The Hall–Kier alpha value is -2.55. The van der Waals surface area contributed by atoms with Gasteiger partial charge in [-0.15, -0.1) is 0 Å². The molecule has 0 aliphatic carbocycles. The summed E-state index contributed by atoms with van der Waals surface area (Å²) < 4.78 is 38.7. The number of carboxylic acids is 1. The Bertz CT molecular complexity index is 1080. The minimum absolute atomic E-state index is 0.0201. The van der Waals surface area contributed by atoms with E-state index in [2.05, 4.69) is 15.3 Å². The van der Waals surface area contributed by atoms with Gasteiger partial charge in [0.1, 0.15) is 5.69 Å².